The predicted molar refractivity (Wildman–Crippen MR) is 103 cm³/mol. The van der Waals surface area contributed by atoms with Crippen molar-refractivity contribution in [3.63, 3.8) is 0 Å². The van der Waals surface area contributed by atoms with Crippen molar-refractivity contribution < 1.29 is 9.59 Å². The summed E-state index contributed by atoms with van der Waals surface area (Å²) in [6.07, 6.45) is 0.194. The number of amides is 2. The van der Waals surface area contributed by atoms with Crippen LogP contribution in [0.25, 0.3) is 0 Å². The molecule has 0 aromatic heterocycles. The summed E-state index contributed by atoms with van der Waals surface area (Å²) in [4.78, 5) is 26.7. The van der Waals surface area contributed by atoms with Crippen LogP contribution in [0.4, 0.5) is 11.4 Å². The van der Waals surface area contributed by atoms with Crippen molar-refractivity contribution in [3.05, 3.63) is 60.7 Å². The zero-order chi connectivity index (χ0) is 18.7. The lowest BCUT2D eigenvalue weighted by molar-refractivity contribution is -0.119. The van der Waals surface area contributed by atoms with Gasteiger partial charge in [0, 0.05) is 18.2 Å². The number of para-hydroxylation sites is 2. The summed E-state index contributed by atoms with van der Waals surface area (Å²) in [5.74, 6) is -0.716. The second-order valence-corrected chi connectivity index (χ2v) is 6.45. The van der Waals surface area contributed by atoms with E-state index in [1.165, 1.54) is 0 Å². The van der Waals surface area contributed by atoms with Gasteiger partial charge in [0.05, 0.1) is 5.69 Å². The zero-order valence-corrected chi connectivity index (χ0v) is 14.9. The molecule has 2 aromatic carbocycles. The van der Waals surface area contributed by atoms with Crippen LogP contribution in [0, 0.1) is 0 Å². The Bertz CT molecular complexity index is 818. The van der Waals surface area contributed by atoms with E-state index in [-0.39, 0.29) is 18.4 Å². The molecule has 1 unspecified atom stereocenters. The predicted octanol–water partition coefficient (Wildman–Crippen LogP) is 2.55. The molecule has 0 radical (unpaired) electrons. The van der Waals surface area contributed by atoms with E-state index in [1.54, 1.807) is 9.91 Å². The van der Waals surface area contributed by atoms with Gasteiger partial charge >= 0.3 is 0 Å². The average molecular weight is 350 g/mol. The highest BCUT2D eigenvalue weighted by molar-refractivity contribution is 6.45. The Kier molecular flexibility index (Phi) is 5.02. The summed E-state index contributed by atoms with van der Waals surface area (Å²) in [6, 6.07) is 18.0. The lowest BCUT2D eigenvalue weighted by Gasteiger charge is -2.26. The van der Waals surface area contributed by atoms with Crippen molar-refractivity contribution in [2.24, 2.45) is 10.8 Å². The van der Waals surface area contributed by atoms with Gasteiger partial charge in [0.15, 0.2) is 0 Å². The number of hydrogen-bond donors (Lipinski definition) is 1. The molecular weight excluding hydrogens is 328 g/mol. The fraction of sp³-hybridized carbons (Fsp3) is 0.250. The minimum absolute atomic E-state index is 0.0506. The molecule has 0 bridgehead atoms. The van der Waals surface area contributed by atoms with Crippen molar-refractivity contribution in [2.45, 2.75) is 32.4 Å². The van der Waals surface area contributed by atoms with Crippen LogP contribution in [-0.4, -0.2) is 29.6 Å². The number of nitrogens with two attached hydrogens (primary N) is 1. The SMILES string of the molecule is CC(C)N(C(=O)C1=NN(c2ccccc2)C(C(N)=O)C1)c1ccccc1. The van der Waals surface area contributed by atoms with Gasteiger partial charge in [0.25, 0.3) is 5.91 Å². The minimum Gasteiger partial charge on any atom is -0.368 e. The molecule has 2 aromatic rings. The molecule has 1 aliphatic heterocycles. The van der Waals surface area contributed by atoms with Crippen molar-refractivity contribution in [3.8, 4) is 0 Å². The van der Waals surface area contributed by atoms with Crippen molar-refractivity contribution in [2.75, 3.05) is 9.91 Å². The Morgan fingerprint density at radius 1 is 1.08 bits per heavy atom. The molecule has 2 N–H and O–H groups in total. The van der Waals surface area contributed by atoms with Crippen molar-refractivity contribution in [1.82, 2.24) is 0 Å². The fourth-order valence-corrected chi connectivity index (χ4v) is 3.06. The van der Waals surface area contributed by atoms with Crippen LogP contribution in [0.3, 0.4) is 0 Å². The van der Waals surface area contributed by atoms with Crippen LogP contribution in [0.15, 0.2) is 65.8 Å². The van der Waals surface area contributed by atoms with E-state index in [2.05, 4.69) is 5.10 Å². The molecule has 1 atom stereocenters. The highest BCUT2D eigenvalue weighted by Gasteiger charge is 2.37. The smallest absolute Gasteiger partial charge is 0.274 e. The van der Waals surface area contributed by atoms with E-state index in [0.717, 1.165) is 11.4 Å². The first kappa shape index (κ1) is 17.7. The van der Waals surface area contributed by atoms with Crippen molar-refractivity contribution >= 4 is 28.9 Å². The number of hydrogen-bond acceptors (Lipinski definition) is 4. The first-order chi connectivity index (χ1) is 12.5. The lowest BCUT2D eigenvalue weighted by atomic mass is 10.1. The van der Waals surface area contributed by atoms with E-state index in [0.29, 0.717) is 5.71 Å². The Labute approximate surface area is 152 Å². The number of carbonyl (C=O) groups is 2. The quantitative estimate of drug-likeness (QED) is 0.900. The number of carbonyl (C=O) groups excluding carboxylic acids is 2. The van der Waals surface area contributed by atoms with Gasteiger partial charge in [-0.15, -0.1) is 0 Å². The summed E-state index contributed by atoms with van der Waals surface area (Å²) >= 11 is 0. The summed E-state index contributed by atoms with van der Waals surface area (Å²) in [6.45, 7) is 3.89. The summed E-state index contributed by atoms with van der Waals surface area (Å²) in [5, 5.41) is 5.99. The molecule has 0 spiro atoms. The van der Waals surface area contributed by atoms with Gasteiger partial charge in [-0.25, -0.2) is 0 Å². The van der Waals surface area contributed by atoms with Gasteiger partial charge < -0.3 is 10.6 Å². The van der Waals surface area contributed by atoms with Crippen LogP contribution in [0.1, 0.15) is 20.3 Å². The van der Waals surface area contributed by atoms with Gasteiger partial charge in [-0.2, -0.15) is 5.10 Å². The first-order valence-electron chi connectivity index (χ1n) is 8.58. The number of primary amides is 1. The number of nitrogens with zero attached hydrogens (tertiary/aromatic N) is 3. The van der Waals surface area contributed by atoms with Crippen LogP contribution in [0.2, 0.25) is 0 Å². The molecular formula is C20H22N4O2. The Morgan fingerprint density at radius 3 is 2.19 bits per heavy atom. The third-order valence-electron chi connectivity index (χ3n) is 4.28. The highest BCUT2D eigenvalue weighted by Crippen LogP contribution is 2.26. The van der Waals surface area contributed by atoms with E-state index in [9.17, 15) is 9.59 Å². The molecule has 26 heavy (non-hydrogen) atoms. The summed E-state index contributed by atoms with van der Waals surface area (Å²) in [7, 11) is 0. The minimum atomic E-state index is -0.666. The third-order valence-corrected chi connectivity index (χ3v) is 4.28. The van der Waals surface area contributed by atoms with E-state index in [4.69, 9.17) is 5.73 Å². The molecule has 0 fully saturated rings. The van der Waals surface area contributed by atoms with Crippen LogP contribution >= 0.6 is 0 Å². The Balaban J connectivity index is 1.94. The van der Waals surface area contributed by atoms with Crippen LogP contribution in [0.5, 0.6) is 0 Å². The Morgan fingerprint density at radius 2 is 1.65 bits per heavy atom. The summed E-state index contributed by atoms with van der Waals surface area (Å²) < 4.78 is 0. The molecule has 1 heterocycles. The Hall–Kier alpha value is -3.15. The van der Waals surface area contributed by atoms with E-state index in [1.807, 2.05) is 74.5 Å². The van der Waals surface area contributed by atoms with Gasteiger partial charge in [-0.1, -0.05) is 36.4 Å². The number of rotatable bonds is 5. The molecule has 1 aliphatic rings. The maximum absolute atomic E-state index is 13.1. The van der Waals surface area contributed by atoms with Crippen LogP contribution in [-0.2, 0) is 9.59 Å². The van der Waals surface area contributed by atoms with Crippen molar-refractivity contribution in [1.29, 1.82) is 0 Å². The van der Waals surface area contributed by atoms with E-state index >= 15 is 0 Å². The second-order valence-electron chi connectivity index (χ2n) is 6.45. The number of hydrazone groups is 1. The monoisotopic (exact) mass is 350 g/mol. The molecule has 0 saturated carbocycles. The number of benzene rings is 2. The van der Waals surface area contributed by atoms with Gasteiger partial charge in [-0.05, 0) is 38.1 Å². The fourth-order valence-electron chi connectivity index (χ4n) is 3.06. The average Bonchev–Trinajstić information content (AvgIpc) is 3.09. The molecule has 0 aliphatic carbocycles. The van der Waals surface area contributed by atoms with E-state index < -0.39 is 11.9 Å². The maximum Gasteiger partial charge on any atom is 0.274 e. The third kappa shape index (κ3) is 3.44. The molecule has 6 heteroatoms. The standard InChI is InChI=1S/C20H22N4O2/c1-14(2)23(15-9-5-3-6-10-15)20(26)17-13-18(19(21)25)24(22-17)16-11-7-4-8-12-16/h3-12,14,18H,13H2,1-2H3,(H2,21,25). The van der Waals surface area contributed by atoms with Gasteiger partial charge in [0.1, 0.15) is 11.8 Å². The lowest BCUT2D eigenvalue weighted by Crippen LogP contribution is -2.42. The van der Waals surface area contributed by atoms with Gasteiger partial charge in [-0.3, -0.25) is 14.6 Å². The number of anilines is 2. The largest absolute Gasteiger partial charge is 0.368 e. The highest BCUT2D eigenvalue weighted by atomic mass is 16.2. The second kappa shape index (κ2) is 7.39. The first-order valence-corrected chi connectivity index (χ1v) is 8.58. The topological polar surface area (TPSA) is 79.0 Å². The molecule has 6 nitrogen and oxygen atoms in total. The molecule has 2 amide bonds. The normalized spacial score (nSPS) is 16.5. The zero-order valence-electron chi connectivity index (χ0n) is 14.9. The van der Waals surface area contributed by atoms with Gasteiger partial charge in [0.2, 0.25) is 5.91 Å². The molecule has 0 saturated heterocycles. The summed E-state index contributed by atoms with van der Waals surface area (Å²) in [5.41, 5.74) is 7.41. The molecule has 3 rings (SSSR count). The van der Waals surface area contributed by atoms with Crippen LogP contribution < -0.4 is 15.6 Å². The maximum atomic E-state index is 13.1. The molecule has 134 valence electrons.